The molecule has 14 heteroatoms. The normalized spacial score (nSPS) is 25.8. The van der Waals surface area contributed by atoms with Gasteiger partial charge in [0.05, 0.1) is 19.3 Å². The van der Waals surface area contributed by atoms with E-state index in [2.05, 4.69) is 9.26 Å². The predicted octanol–water partition coefficient (Wildman–Crippen LogP) is -0.0557. The molecule has 0 aliphatic carbocycles. The number of hydrogen-bond donors (Lipinski definition) is 3. The van der Waals surface area contributed by atoms with Gasteiger partial charge in [0, 0.05) is 18.5 Å². The fourth-order valence-corrected chi connectivity index (χ4v) is 2.99. The first-order chi connectivity index (χ1) is 12.5. The molecule has 1 aromatic rings. The van der Waals surface area contributed by atoms with Crippen molar-refractivity contribution < 1.29 is 33.6 Å². The minimum absolute atomic E-state index is 0.210. The van der Waals surface area contributed by atoms with E-state index in [9.17, 15) is 29.2 Å². The van der Waals surface area contributed by atoms with Crippen molar-refractivity contribution >= 4 is 40.7 Å². The average molecular weight is 445 g/mol. The molecule has 0 radical (unpaired) electrons. The summed E-state index contributed by atoms with van der Waals surface area (Å²) in [6.45, 7) is -0.515. The molecule has 1 aliphatic rings. The van der Waals surface area contributed by atoms with E-state index in [1.54, 1.807) is 0 Å². The molecule has 150 valence electrons. The average Bonchev–Trinajstić information content (AvgIpc) is 2.86. The number of rotatable bonds is 6. The van der Waals surface area contributed by atoms with E-state index in [1.807, 2.05) is 4.98 Å². The molecule has 1 aromatic heterocycles. The molecule has 1 aliphatic heterocycles. The molecule has 0 amide bonds. The monoisotopic (exact) mass is 444 g/mol. The van der Waals surface area contributed by atoms with Crippen LogP contribution in [0.15, 0.2) is 21.9 Å². The summed E-state index contributed by atoms with van der Waals surface area (Å²) in [5.41, 5.74) is -1.94. The minimum Gasteiger partial charge on any atom is -0.466 e. The molecule has 27 heavy (non-hydrogen) atoms. The number of ether oxygens (including phenoxy) is 2. The second-order valence-corrected chi connectivity index (χ2v) is 9.65. The fourth-order valence-electron chi connectivity index (χ4n) is 2.33. The zero-order chi connectivity index (χ0) is 20.4. The van der Waals surface area contributed by atoms with Crippen molar-refractivity contribution in [2.24, 2.45) is 0 Å². The van der Waals surface area contributed by atoms with Gasteiger partial charge in [-0.25, -0.2) is 9.59 Å². The lowest BCUT2D eigenvalue weighted by atomic mass is 10.0. The lowest BCUT2D eigenvalue weighted by Gasteiger charge is -2.15. The number of aliphatic hydroxyl groups excluding tert-OH is 2. The van der Waals surface area contributed by atoms with Crippen LogP contribution in [0.1, 0.15) is 11.7 Å². The van der Waals surface area contributed by atoms with E-state index in [0.29, 0.717) is 0 Å². The number of carbonyl (C=O) groups is 1. The van der Waals surface area contributed by atoms with E-state index in [1.165, 1.54) is 0 Å². The molecule has 1 saturated heterocycles. The molecular weight excluding hydrogens is 430 g/mol. The zero-order valence-corrected chi connectivity index (χ0v) is 16.1. The predicted molar refractivity (Wildman–Crippen MR) is 93.6 cm³/mol. The molecular formula is C13H15Cl2N2O9P. The highest BCUT2D eigenvalue weighted by Gasteiger charge is 2.45. The molecule has 0 spiro atoms. The van der Waals surface area contributed by atoms with Gasteiger partial charge in [-0.3, -0.25) is 18.9 Å². The maximum Gasteiger partial charge on any atom is 0.380 e. The largest absolute Gasteiger partial charge is 0.466 e. The van der Waals surface area contributed by atoms with Crippen molar-refractivity contribution in [3.8, 4) is 0 Å². The zero-order valence-electron chi connectivity index (χ0n) is 13.7. The van der Waals surface area contributed by atoms with Crippen LogP contribution in [0.25, 0.3) is 6.20 Å². The molecule has 11 nitrogen and oxygen atoms in total. The Hall–Kier alpha value is -1.46. The van der Waals surface area contributed by atoms with Crippen LogP contribution in [0.2, 0.25) is 0 Å². The highest BCUT2D eigenvalue weighted by Crippen LogP contribution is 2.57. The van der Waals surface area contributed by atoms with Crippen LogP contribution in [0.4, 0.5) is 0 Å². The number of carbonyl (C=O) groups excluding carboxylic acids is 1. The van der Waals surface area contributed by atoms with Crippen molar-refractivity contribution in [2.75, 3.05) is 13.7 Å². The lowest BCUT2D eigenvalue weighted by Crippen LogP contribution is -2.35. The maximum absolute atomic E-state index is 12.1. The Morgan fingerprint density at radius 1 is 1.41 bits per heavy atom. The fraction of sp³-hybridized carbons (Fsp3) is 0.462. The third-order valence-corrected chi connectivity index (χ3v) is 4.66. The van der Waals surface area contributed by atoms with Crippen molar-refractivity contribution in [1.29, 1.82) is 0 Å². The standard InChI is InChI=1S/C13H15Cl2N2O9P/c1-24-8(18)2-3-17-4-6(12(21)16-13(17)22)11-10(20)9(19)7(26-11)5-25-27(14,15)23/h2-4,7,9-11,19-20H,5H2,1H3,(H,16,21,22)/b3-2+/t7-,9?,10?,11+/m1/s1. The summed E-state index contributed by atoms with van der Waals surface area (Å²) in [7, 11) is 1.14. The van der Waals surface area contributed by atoms with Crippen molar-refractivity contribution in [3.63, 3.8) is 0 Å². The van der Waals surface area contributed by atoms with Gasteiger partial charge in [0.2, 0.25) is 0 Å². The van der Waals surface area contributed by atoms with Crippen molar-refractivity contribution in [3.05, 3.63) is 38.7 Å². The van der Waals surface area contributed by atoms with Gasteiger partial charge in [0.15, 0.2) is 0 Å². The second kappa shape index (κ2) is 8.70. The first kappa shape index (κ1) is 21.8. The van der Waals surface area contributed by atoms with E-state index in [-0.39, 0.29) is 5.56 Å². The Morgan fingerprint density at radius 2 is 2.07 bits per heavy atom. The molecule has 2 rings (SSSR count). The molecule has 2 heterocycles. The first-order valence-corrected chi connectivity index (χ1v) is 10.7. The SMILES string of the molecule is COC(=O)/C=C/n1cc([C@@H]2O[C@H](COP(=O)(Cl)Cl)C(O)C2O)c(=O)[nH]c1=O. The maximum atomic E-state index is 12.1. The number of nitrogens with one attached hydrogen (secondary N) is 1. The molecule has 1 fully saturated rings. The summed E-state index contributed by atoms with van der Waals surface area (Å²) in [6.07, 6.45) is -6.53. The van der Waals surface area contributed by atoms with E-state index in [4.69, 9.17) is 27.2 Å². The number of nitrogens with zero attached hydrogens (tertiary/aromatic N) is 1. The minimum atomic E-state index is -3.90. The van der Waals surface area contributed by atoms with E-state index < -0.39 is 54.3 Å². The Morgan fingerprint density at radius 3 is 2.67 bits per heavy atom. The molecule has 2 unspecified atom stereocenters. The number of hydrogen-bond acceptors (Lipinski definition) is 9. The van der Waals surface area contributed by atoms with Gasteiger partial charge in [-0.1, -0.05) is 0 Å². The van der Waals surface area contributed by atoms with Crippen LogP contribution in [-0.4, -0.2) is 57.8 Å². The van der Waals surface area contributed by atoms with Crippen LogP contribution in [-0.2, 0) is 23.4 Å². The Kier molecular flexibility index (Phi) is 7.03. The van der Waals surface area contributed by atoms with Gasteiger partial charge in [0.25, 0.3) is 5.56 Å². The summed E-state index contributed by atoms with van der Waals surface area (Å²) in [6, 6.07) is 0. The number of methoxy groups -OCH3 is 1. The summed E-state index contributed by atoms with van der Waals surface area (Å²) in [5, 5.41) is 20.2. The molecule has 0 saturated carbocycles. The molecule has 0 bridgehead atoms. The smallest absolute Gasteiger partial charge is 0.380 e. The van der Waals surface area contributed by atoms with E-state index in [0.717, 1.165) is 30.1 Å². The highest BCUT2D eigenvalue weighted by molar-refractivity contribution is 8.05. The van der Waals surface area contributed by atoms with Crippen LogP contribution in [0, 0.1) is 0 Å². The van der Waals surface area contributed by atoms with Gasteiger partial charge in [0.1, 0.15) is 24.4 Å². The number of esters is 1. The lowest BCUT2D eigenvalue weighted by molar-refractivity contribution is -0.134. The third kappa shape index (κ3) is 5.52. The second-order valence-electron chi connectivity index (χ2n) is 5.38. The summed E-state index contributed by atoms with van der Waals surface area (Å²) in [4.78, 5) is 37.0. The number of aromatic nitrogens is 2. The van der Waals surface area contributed by atoms with Gasteiger partial charge in [-0.05, 0) is 22.5 Å². The highest BCUT2D eigenvalue weighted by atomic mass is 35.9. The van der Waals surface area contributed by atoms with Crippen LogP contribution in [0.5, 0.6) is 0 Å². The van der Waals surface area contributed by atoms with Crippen molar-refractivity contribution in [2.45, 2.75) is 24.4 Å². The van der Waals surface area contributed by atoms with Crippen molar-refractivity contribution in [1.82, 2.24) is 9.55 Å². The van der Waals surface area contributed by atoms with Crippen LogP contribution < -0.4 is 11.2 Å². The van der Waals surface area contributed by atoms with Gasteiger partial charge < -0.3 is 24.2 Å². The number of halogens is 2. The number of aliphatic hydroxyl groups is 2. The Bertz CT molecular complexity index is 893. The van der Waals surface area contributed by atoms with E-state index >= 15 is 0 Å². The van der Waals surface area contributed by atoms with Crippen LogP contribution >= 0.6 is 28.6 Å². The molecule has 4 atom stereocenters. The summed E-state index contributed by atoms with van der Waals surface area (Å²) in [5.74, 6) is -0.744. The Balaban J connectivity index is 2.30. The number of aromatic amines is 1. The van der Waals surface area contributed by atoms with Gasteiger partial charge >= 0.3 is 17.7 Å². The quantitative estimate of drug-likeness (QED) is 0.310. The van der Waals surface area contributed by atoms with Gasteiger partial charge in [-0.2, -0.15) is 0 Å². The molecule has 0 aromatic carbocycles. The molecule has 3 N–H and O–H groups in total. The van der Waals surface area contributed by atoms with Gasteiger partial charge in [-0.15, -0.1) is 0 Å². The summed E-state index contributed by atoms with van der Waals surface area (Å²) < 4.78 is 26.4. The Labute approximate surface area is 161 Å². The third-order valence-electron chi connectivity index (χ3n) is 3.63. The first-order valence-electron chi connectivity index (χ1n) is 7.30. The van der Waals surface area contributed by atoms with Crippen LogP contribution in [0.3, 0.4) is 0 Å². The number of H-pyrrole nitrogens is 1. The summed E-state index contributed by atoms with van der Waals surface area (Å²) >= 11 is 10.5. The topological polar surface area (TPSA) is 157 Å².